The van der Waals surface area contributed by atoms with Crippen molar-refractivity contribution in [1.82, 2.24) is 14.5 Å². The van der Waals surface area contributed by atoms with Gasteiger partial charge in [0.15, 0.2) is 11.5 Å². The fraction of sp³-hybridized carbons (Fsp3) is 0.391. The Bertz CT molecular complexity index is 1160. The molecule has 1 fully saturated rings. The highest BCUT2D eigenvalue weighted by atomic mass is 32.2. The standard InChI is InChI=1S/C23H27N3O6S/c1-25(2)33(29,30)18-6-3-5-17(13-18)23(28)24-15-22(27)26-10-4-7-19(26)16-8-9-20-21(14-16)32-12-11-31-20/h3,5-6,8-9,13-14,19H,4,7,10-12,15H2,1-2H3,(H,24,28)/t19-/m1/s1. The Morgan fingerprint density at radius 3 is 2.61 bits per heavy atom. The van der Waals surface area contributed by atoms with E-state index >= 15 is 0 Å². The molecule has 0 aromatic heterocycles. The van der Waals surface area contributed by atoms with Gasteiger partial charge in [0, 0.05) is 26.2 Å². The minimum Gasteiger partial charge on any atom is -0.486 e. The average molecular weight is 474 g/mol. The van der Waals surface area contributed by atoms with E-state index in [1.165, 1.54) is 38.4 Å². The van der Waals surface area contributed by atoms with Gasteiger partial charge in [-0.25, -0.2) is 12.7 Å². The number of hydrogen-bond donors (Lipinski definition) is 1. The zero-order chi connectivity index (χ0) is 23.6. The van der Waals surface area contributed by atoms with Gasteiger partial charge in [-0.1, -0.05) is 12.1 Å². The van der Waals surface area contributed by atoms with Crippen LogP contribution in [-0.4, -0.2) is 69.8 Å². The first kappa shape index (κ1) is 23.1. The molecule has 2 aromatic carbocycles. The molecule has 2 amide bonds. The van der Waals surface area contributed by atoms with Crippen molar-refractivity contribution in [3.05, 3.63) is 53.6 Å². The summed E-state index contributed by atoms with van der Waals surface area (Å²) in [6.07, 6.45) is 1.69. The topological polar surface area (TPSA) is 105 Å². The number of carbonyl (C=O) groups is 2. The molecule has 0 unspecified atom stereocenters. The van der Waals surface area contributed by atoms with Crippen LogP contribution >= 0.6 is 0 Å². The second-order valence-electron chi connectivity index (χ2n) is 8.15. The highest BCUT2D eigenvalue weighted by Crippen LogP contribution is 2.38. The summed E-state index contributed by atoms with van der Waals surface area (Å²) in [4.78, 5) is 27.3. The van der Waals surface area contributed by atoms with E-state index in [1.54, 1.807) is 4.90 Å². The molecule has 0 bridgehead atoms. The van der Waals surface area contributed by atoms with Crippen LogP contribution in [0, 0.1) is 0 Å². The molecule has 9 nitrogen and oxygen atoms in total. The van der Waals surface area contributed by atoms with E-state index in [4.69, 9.17) is 9.47 Å². The minimum absolute atomic E-state index is 0.0182. The first-order chi connectivity index (χ1) is 15.8. The van der Waals surface area contributed by atoms with Crippen LogP contribution in [0.4, 0.5) is 0 Å². The van der Waals surface area contributed by atoms with E-state index in [0.717, 1.165) is 22.7 Å². The molecule has 2 heterocycles. The van der Waals surface area contributed by atoms with Gasteiger partial charge in [0.2, 0.25) is 15.9 Å². The van der Waals surface area contributed by atoms with Crippen LogP contribution < -0.4 is 14.8 Å². The number of hydrogen-bond acceptors (Lipinski definition) is 6. The summed E-state index contributed by atoms with van der Waals surface area (Å²) in [7, 11) is -0.812. The van der Waals surface area contributed by atoms with Gasteiger partial charge in [0.1, 0.15) is 13.2 Å². The number of fused-ring (bicyclic) bond motifs is 1. The number of sulfonamides is 1. The fourth-order valence-electron chi connectivity index (χ4n) is 4.05. The molecule has 1 N–H and O–H groups in total. The Morgan fingerprint density at radius 1 is 1.09 bits per heavy atom. The van der Waals surface area contributed by atoms with Gasteiger partial charge in [-0.15, -0.1) is 0 Å². The van der Waals surface area contributed by atoms with Crippen molar-refractivity contribution in [2.45, 2.75) is 23.8 Å². The maximum absolute atomic E-state index is 12.9. The third-order valence-electron chi connectivity index (χ3n) is 5.80. The first-order valence-corrected chi connectivity index (χ1v) is 12.2. The molecule has 1 atom stereocenters. The second kappa shape index (κ2) is 9.40. The summed E-state index contributed by atoms with van der Waals surface area (Å²) in [5.74, 6) is 0.678. The smallest absolute Gasteiger partial charge is 0.251 e. The van der Waals surface area contributed by atoms with Gasteiger partial charge < -0.3 is 19.7 Å². The molecule has 10 heteroatoms. The van der Waals surface area contributed by atoms with Crippen molar-refractivity contribution in [2.24, 2.45) is 0 Å². The Hall–Kier alpha value is -3.11. The molecule has 2 aromatic rings. The van der Waals surface area contributed by atoms with Crippen molar-refractivity contribution in [3.63, 3.8) is 0 Å². The average Bonchev–Trinajstić information content (AvgIpc) is 3.32. The number of benzene rings is 2. The summed E-state index contributed by atoms with van der Waals surface area (Å²) in [5, 5.41) is 2.62. The number of carbonyl (C=O) groups excluding carboxylic acids is 2. The summed E-state index contributed by atoms with van der Waals surface area (Å²) in [6, 6.07) is 11.4. The zero-order valence-electron chi connectivity index (χ0n) is 18.6. The van der Waals surface area contributed by atoms with Crippen LogP contribution in [0.15, 0.2) is 47.4 Å². The molecule has 0 aliphatic carbocycles. The quantitative estimate of drug-likeness (QED) is 0.686. The summed E-state index contributed by atoms with van der Waals surface area (Å²) < 4.78 is 37.0. The van der Waals surface area contributed by atoms with Crippen LogP contribution in [0.1, 0.15) is 34.8 Å². The molecule has 2 aliphatic rings. The lowest BCUT2D eigenvalue weighted by Gasteiger charge is -2.27. The molecule has 33 heavy (non-hydrogen) atoms. The number of amides is 2. The summed E-state index contributed by atoms with van der Waals surface area (Å²) in [6.45, 7) is 1.44. The molecule has 0 saturated carbocycles. The van der Waals surface area contributed by atoms with Crippen molar-refractivity contribution < 1.29 is 27.5 Å². The Labute approximate surface area is 193 Å². The van der Waals surface area contributed by atoms with Gasteiger partial charge in [-0.3, -0.25) is 9.59 Å². The lowest BCUT2D eigenvalue weighted by molar-refractivity contribution is -0.131. The van der Waals surface area contributed by atoms with Crippen molar-refractivity contribution in [3.8, 4) is 11.5 Å². The molecule has 1 saturated heterocycles. The van der Waals surface area contributed by atoms with Crippen molar-refractivity contribution in [1.29, 1.82) is 0 Å². The number of nitrogens with one attached hydrogen (secondary N) is 1. The molecule has 0 spiro atoms. The predicted molar refractivity (Wildman–Crippen MR) is 121 cm³/mol. The molecule has 0 radical (unpaired) electrons. The highest BCUT2D eigenvalue weighted by molar-refractivity contribution is 7.89. The predicted octanol–water partition coefficient (Wildman–Crippen LogP) is 1.80. The van der Waals surface area contributed by atoms with E-state index < -0.39 is 15.9 Å². The molecular weight excluding hydrogens is 446 g/mol. The third kappa shape index (κ3) is 4.81. The van der Waals surface area contributed by atoms with E-state index in [0.29, 0.717) is 31.3 Å². The SMILES string of the molecule is CN(C)S(=O)(=O)c1cccc(C(=O)NCC(=O)N2CCC[C@@H]2c2ccc3c(c2)OCCO3)c1. The van der Waals surface area contributed by atoms with Crippen LogP contribution in [-0.2, 0) is 14.8 Å². The second-order valence-corrected chi connectivity index (χ2v) is 10.3. The number of nitrogens with zero attached hydrogens (tertiary/aromatic N) is 2. The van der Waals surface area contributed by atoms with E-state index in [9.17, 15) is 18.0 Å². The van der Waals surface area contributed by atoms with Gasteiger partial charge in [-0.05, 0) is 48.7 Å². The minimum atomic E-state index is -3.66. The Morgan fingerprint density at radius 2 is 1.85 bits per heavy atom. The van der Waals surface area contributed by atoms with Crippen LogP contribution in [0.5, 0.6) is 11.5 Å². The molecule has 2 aliphatic heterocycles. The lowest BCUT2D eigenvalue weighted by Crippen LogP contribution is -2.40. The fourth-order valence-corrected chi connectivity index (χ4v) is 5.00. The van der Waals surface area contributed by atoms with Crippen molar-refractivity contribution in [2.75, 3.05) is 40.4 Å². The van der Waals surface area contributed by atoms with E-state index in [1.807, 2.05) is 18.2 Å². The van der Waals surface area contributed by atoms with E-state index in [2.05, 4.69) is 5.32 Å². The van der Waals surface area contributed by atoms with Crippen LogP contribution in [0.3, 0.4) is 0 Å². The van der Waals surface area contributed by atoms with Crippen LogP contribution in [0.2, 0.25) is 0 Å². The molecular formula is C23H27N3O6S. The molecule has 176 valence electrons. The van der Waals surface area contributed by atoms with Crippen molar-refractivity contribution >= 4 is 21.8 Å². The van der Waals surface area contributed by atoms with Gasteiger partial charge >= 0.3 is 0 Å². The zero-order valence-corrected chi connectivity index (χ0v) is 19.4. The van der Waals surface area contributed by atoms with E-state index in [-0.39, 0.29) is 29.0 Å². The normalized spacial score (nSPS) is 17.8. The highest BCUT2D eigenvalue weighted by Gasteiger charge is 2.31. The maximum atomic E-state index is 12.9. The largest absolute Gasteiger partial charge is 0.486 e. The number of ether oxygens (including phenoxy) is 2. The van der Waals surface area contributed by atoms with Crippen LogP contribution in [0.25, 0.3) is 0 Å². The Balaban J connectivity index is 1.42. The maximum Gasteiger partial charge on any atom is 0.251 e. The molecule has 4 rings (SSSR count). The first-order valence-electron chi connectivity index (χ1n) is 10.8. The summed E-state index contributed by atoms with van der Waals surface area (Å²) >= 11 is 0. The monoisotopic (exact) mass is 473 g/mol. The lowest BCUT2D eigenvalue weighted by atomic mass is 10.0. The van der Waals surface area contributed by atoms with Gasteiger partial charge in [0.25, 0.3) is 5.91 Å². The van der Waals surface area contributed by atoms with Gasteiger partial charge in [-0.2, -0.15) is 0 Å². The third-order valence-corrected chi connectivity index (χ3v) is 7.61. The number of likely N-dealkylation sites (tertiary alicyclic amines) is 1. The summed E-state index contributed by atoms with van der Waals surface area (Å²) in [5.41, 5.74) is 1.15. The number of rotatable bonds is 6. The Kier molecular flexibility index (Phi) is 6.57. The van der Waals surface area contributed by atoms with Gasteiger partial charge in [0.05, 0.1) is 17.5 Å².